The molecule has 1 fully saturated rings. The van der Waals surface area contributed by atoms with Gasteiger partial charge in [0.1, 0.15) is 0 Å². The number of nitrogens with one attached hydrogen (secondary N) is 2. The molecule has 0 radical (unpaired) electrons. The molecule has 9 heteroatoms. The predicted octanol–water partition coefficient (Wildman–Crippen LogP) is 1.94. The first-order valence-electron chi connectivity index (χ1n) is 11.2. The van der Waals surface area contributed by atoms with Crippen molar-refractivity contribution in [1.29, 1.82) is 0 Å². The van der Waals surface area contributed by atoms with Crippen molar-refractivity contribution in [3.8, 4) is 0 Å². The number of nitrogens with zero attached hydrogens (tertiary/aromatic N) is 4. The number of urea groups is 1. The minimum atomic E-state index is -0.377. The zero-order valence-corrected chi connectivity index (χ0v) is 18.5. The molecule has 1 atom stereocenters. The monoisotopic (exact) mass is 447 g/mol. The maximum Gasteiger partial charge on any atom is 0.315 e. The summed E-state index contributed by atoms with van der Waals surface area (Å²) in [6.07, 6.45) is 4.51. The van der Waals surface area contributed by atoms with E-state index in [0.717, 1.165) is 30.5 Å². The molecule has 4 rings (SSSR count). The van der Waals surface area contributed by atoms with Crippen LogP contribution in [0.4, 0.5) is 10.5 Å². The van der Waals surface area contributed by atoms with E-state index in [-0.39, 0.29) is 24.5 Å². The van der Waals surface area contributed by atoms with Crippen LogP contribution in [0.15, 0.2) is 60.8 Å². The van der Waals surface area contributed by atoms with Crippen LogP contribution in [-0.4, -0.2) is 51.0 Å². The molecule has 0 saturated carbocycles. The Kier molecular flexibility index (Phi) is 7.19. The number of nitrogen functional groups attached to an aromatic ring is 1. The fraction of sp³-hybridized carbons (Fsp3) is 0.333. The number of hydrogen-bond acceptors (Lipinski definition) is 5. The number of rotatable bonds is 8. The molecule has 9 nitrogen and oxygen atoms in total. The molecular weight excluding hydrogens is 418 g/mol. The average Bonchev–Trinajstić information content (AvgIpc) is 3.47. The highest BCUT2D eigenvalue weighted by Gasteiger charge is 2.29. The predicted molar refractivity (Wildman–Crippen MR) is 125 cm³/mol. The first kappa shape index (κ1) is 22.3. The van der Waals surface area contributed by atoms with Gasteiger partial charge in [0.2, 0.25) is 5.91 Å². The van der Waals surface area contributed by atoms with Crippen molar-refractivity contribution in [1.82, 2.24) is 30.5 Å². The molecule has 3 aromatic rings. The second-order valence-electron chi connectivity index (χ2n) is 8.26. The molecule has 1 aromatic heterocycles. The van der Waals surface area contributed by atoms with Crippen molar-refractivity contribution in [2.24, 2.45) is 0 Å². The Hall–Kier alpha value is -3.88. The molecule has 0 spiro atoms. The van der Waals surface area contributed by atoms with Gasteiger partial charge in [0.15, 0.2) is 0 Å². The SMILES string of the molecule is Nc1ccc(CNC(=O)NCC(=O)N2CCC[C@@H]2Cn2cc(Cc3ccccc3)nn2)cc1. The maximum absolute atomic E-state index is 12.7. The van der Waals surface area contributed by atoms with Gasteiger partial charge in [0.25, 0.3) is 0 Å². The van der Waals surface area contributed by atoms with Gasteiger partial charge in [-0.2, -0.15) is 0 Å². The molecule has 0 aliphatic carbocycles. The Bertz CT molecular complexity index is 1070. The van der Waals surface area contributed by atoms with Crippen LogP contribution in [0, 0.1) is 0 Å². The average molecular weight is 448 g/mol. The second-order valence-corrected chi connectivity index (χ2v) is 8.26. The third kappa shape index (κ3) is 6.31. The molecule has 1 aliphatic heterocycles. The van der Waals surface area contributed by atoms with Gasteiger partial charge in [-0.05, 0) is 36.1 Å². The van der Waals surface area contributed by atoms with Crippen LogP contribution in [0.5, 0.6) is 0 Å². The number of carbonyl (C=O) groups is 2. The van der Waals surface area contributed by atoms with Crippen molar-refractivity contribution >= 4 is 17.6 Å². The van der Waals surface area contributed by atoms with Crippen LogP contribution in [-0.2, 0) is 24.3 Å². The highest BCUT2D eigenvalue weighted by atomic mass is 16.2. The maximum atomic E-state index is 12.7. The topological polar surface area (TPSA) is 118 Å². The summed E-state index contributed by atoms with van der Waals surface area (Å²) in [4.78, 5) is 26.7. The third-order valence-corrected chi connectivity index (χ3v) is 5.74. The Balaban J connectivity index is 1.23. The number of nitrogens with two attached hydrogens (primary N) is 1. The third-order valence-electron chi connectivity index (χ3n) is 5.74. The lowest BCUT2D eigenvalue weighted by molar-refractivity contribution is -0.131. The largest absolute Gasteiger partial charge is 0.399 e. The lowest BCUT2D eigenvalue weighted by atomic mass is 10.1. The van der Waals surface area contributed by atoms with E-state index >= 15 is 0 Å². The number of amides is 3. The molecule has 0 bridgehead atoms. The van der Waals surface area contributed by atoms with E-state index in [9.17, 15) is 9.59 Å². The molecule has 1 saturated heterocycles. The van der Waals surface area contributed by atoms with E-state index < -0.39 is 0 Å². The standard InChI is InChI=1S/C24H29N7O2/c25-20-10-8-19(9-11-20)14-26-24(33)27-15-23(32)31-12-4-7-22(31)17-30-16-21(28-29-30)13-18-5-2-1-3-6-18/h1-3,5-6,8-11,16,22H,4,7,12-15,17,25H2,(H2,26,27,33)/t22-/m1/s1. The van der Waals surface area contributed by atoms with E-state index in [1.807, 2.05) is 41.4 Å². The van der Waals surface area contributed by atoms with Gasteiger partial charge in [-0.3, -0.25) is 9.48 Å². The normalized spacial score (nSPS) is 15.4. The quantitative estimate of drug-likeness (QED) is 0.456. The molecule has 2 aromatic carbocycles. The van der Waals surface area contributed by atoms with Crippen molar-refractivity contribution in [3.05, 3.63) is 77.6 Å². The fourth-order valence-electron chi connectivity index (χ4n) is 4.02. The van der Waals surface area contributed by atoms with Crippen LogP contribution >= 0.6 is 0 Å². The Labute approximate surface area is 193 Å². The number of likely N-dealkylation sites (tertiary alicyclic amines) is 1. The number of hydrogen-bond donors (Lipinski definition) is 3. The van der Waals surface area contributed by atoms with Crippen molar-refractivity contribution < 1.29 is 9.59 Å². The second kappa shape index (κ2) is 10.6. The Morgan fingerprint density at radius 2 is 1.82 bits per heavy atom. The summed E-state index contributed by atoms with van der Waals surface area (Å²) in [5, 5.41) is 13.9. The smallest absolute Gasteiger partial charge is 0.315 e. The summed E-state index contributed by atoms with van der Waals surface area (Å²) in [7, 11) is 0. The molecule has 0 unspecified atom stereocenters. The van der Waals surface area contributed by atoms with Crippen LogP contribution < -0.4 is 16.4 Å². The number of benzene rings is 2. The highest BCUT2D eigenvalue weighted by Crippen LogP contribution is 2.19. The first-order valence-corrected chi connectivity index (χ1v) is 11.2. The van der Waals surface area contributed by atoms with E-state index in [1.165, 1.54) is 5.56 Å². The summed E-state index contributed by atoms with van der Waals surface area (Å²) < 4.78 is 1.81. The van der Waals surface area contributed by atoms with E-state index in [0.29, 0.717) is 25.3 Å². The lowest BCUT2D eigenvalue weighted by Crippen LogP contribution is -2.46. The number of carbonyl (C=O) groups excluding carboxylic acids is 2. The van der Waals surface area contributed by atoms with Crippen molar-refractivity contribution in [2.75, 3.05) is 18.8 Å². The Morgan fingerprint density at radius 1 is 1.03 bits per heavy atom. The Morgan fingerprint density at radius 3 is 2.61 bits per heavy atom. The van der Waals surface area contributed by atoms with Crippen molar-refractivity contribution in [2.45, 2.75) is 38.4 Å². The zero-order valence-electron chi connectivity index (χ0n) is 18.5. The van der Waals surface area contributed by atoms with Crippen LogP contribution in [0.1, 0.15) is 29.7 Å². The van der Waals surface area contributed by atoms with Gasteiger partial charge in [-0.15, -0.1) is 5.10 Å². The molecule has 4 N–H and O–H groups in total. The van der Waals surface area contributed by atoms with Gasteiger partial charge in [-0.25, -0.2) is 4.79 Å². The molecule has 172 valence electrons. The summed E-state index contributed by atoms with van der Waals surface area (Å²) in [6, 6.07) is 17.1. The van der Waals surface area contributed by atoms with Gasteiger partial charge in [0, 0.05) is 31.4 Å². The summed E-state index contributed by atoms with van der Waals surface area (Å²) >= 11 is 0. The minimum Gasteiger partial charge on any atom is -0.399 e. The van der Waals surface area contributed by atoms with Gasteiger partial charge >= 0.3 is 6.03 Å². The molecular formula is C24H29N7O2. The van der Waals surface area contributed by atoms with Crippen LogP contribution in [0.25, 0.3) is 0 Å². The van der Waals surface area contributed by atoms with Crippen molar-refractivity contribution in [3.63, 3.8) is 0 Å². The molecule has 33 heavy (non-hydrogen) atoms. The lowest BCUT2D eigenvalue weighted by Gasteiger charge is -2.24. The van der Waals surface area contributed by atoms with E-state index in [2.05, 4.69) is 33.1 Å². The number of aromatic nitrogens is 3. The molecule has 1 aliphatic rings. The summed E-state index contributed by atoms with van der Waals surface area (Å²) in [5.74, 6) is -0.0928. The minimum absolute atomic E-state index is 0.0410. The molecule has 2 heterocycles. The van der Waals surface area contributed by atoms with Gasteiger partial charge < -0.3 is 21.3 Å². The van der Waals surface area contributed by atoms with Crippen LogP contribution in [0.3, 0.4) is 0 Å². The van der Waals surface area contributed by atoms with E-state index in [1.54, 1.807) is 16.8 Å². The van der Waals surface area contributed by atoms with Crippen LogP contribution in [0.2, 0.25) is 0 Å². The zero-order chi connectivity index (χ0) is 23.0. The highest BCUT2D eigenvalue weighted by molar-refractivity contribution is 5.84. The molecule has 3 amide bonds. The van der Waals surface area contributed by atoms with Gasteiger partial charge in [0.05, 0.1) is 24.8 Å². The van der Waals surface area contributed by atoms with E-state index in [4.69, 9.17) is 5.73 Å². The van der Waals surface area contributed by atoms with Gasteiger partial charge in [-0.1, -0.05) is 47.7 Å². The number of anilines is 1. The summed E-state index contributed by atoms with van der Waals surface area (Å²) in [6.45, 7) is 1.60. The summed E-state index contributed by atoms with van der Waals surface area (Å²) in [5.41, 5.74) is 9.36. The first-order chi connectivity index (χ1) is 16.1. The fourth-order valence-corrected chi connectivity index (χ4v) is 4.02.